The van der Waals surface area contributed by atoms with Gasteiger partial charge in [0.1, 0.15) is 5.75 Å². The van der Waals surface area contributed by atoms with Crippen molar-refractivity contribution >= 4 is 15.9 Å². The number of methoxy groups -OCH3 is 1. The number of benzene rings is 1. The van der Waals surface area contributed by atoms with Gasteiger partial charge in [0, 0.05) is 4.47 Å². The lowest BCUT2D eigenvalue weighted by atomic mass is 10.1. The van der Waals surface area contributed by atoms with Crippen LogP contribution in [0.4, 0.5) is 0 Å². The summed E-state index contributed by atoms with van der Waals surface area (Å²) in [6.07, 6.45) is 5.99. The molecule has 0 aliphatic carbocycles. The summed E-state index contributed by atoms with van der Waals surface area (Å²) in [5.41, 5.74) is 6.81. The van der Waals surface area contributed by atoms with Crippen molar-refractivity contribution in [1.82, 2.24) is 0 Å². The highest BCUT2D eigenvalue weighted by atomic mass is 79.9. The van der Waals surface area contributed by atoms with Crippen molar-refractivity contribution in [3.8, 4) is 5.75 Å². The molecule has 0 aromatic heterocycles. The molecule has 0 bridgehead atoms. The lowest BCUT2D eigenvalue weighted by molar-refractivity contribution is 0.414. The summed E-state index contributed by atoms with van der Waals surface area (Å²) >= 11 is 3.57. The quantitative estimate of drug-likeness (QED) is 0.778. The van der Waals surface area contributed by atoms with Gasteiger partial charge in [0.2, 0.25) is 0 Å². The number of hydrogen-bond acceptors (Lipinski definition) is 2. The molecule has 0 fully saturated rings. The molecule has 3 heteroatoms. The highest BCUT2D eigenvalue weighted by Crippen LogP contribution is 2.24. The smallest absolute Gasteiger partial charge is 0.120 e. The zero-order valence-electron chi connectivity index (χ0n) is 9.84. The van der Waals surface area contributed by atoms with Crippen LogP contribution in [0.25, 0.3) is 0 Å². The largest absolute Gasteiger partial charge is 0.497 e. The van der Waals surface area contributed by atoms with Crippen molar-refractivity contribution in [2.75, 3.05) is 13.7 Å². The van der Waals surface area contributed by atoms with E-state index >= 15 is 0 Å². The van der Waals surface area contributed by atoms with Gasteiger partial charge in [-0.25, -0.2) is 0 Å². The SMILES string of the molecule is COc1ccc(CCCCCCN)c(Br)c1. The Kier molecular flexibility index (Phi) is 6.50. The van der Waals surface area contributed by atoms with Gasteiger partial charge < -0.3 is 10.5 Å². The van der Waals surface area contributed by atoms with Crippen LogP contribution >= 0.6 is 15.9 Å². The van der Waals surface area contributed by atoms with E-state index in [2.05, 4.69) is 22.0 Å². The van der Waals surface area contributed by atoms with Crippen molar-refractivity contribution in [2.24, 2.45) is 5.73 Å². The molecule has 0 atom stereocenters. The second-order valence-electron chi connectivity index (χ2n) is 3.91. The van der Waals surface area contributed by atoms with Gasteiger partial charge >= 0.3 is 0 Å². The molecular weight excluding hydrogens is 266 g/mol. The van der Waals surface area contributed by atoms with Crippen LogP contribution in [0.2, 0.25) is 0 Å². The van der Waals surface area contributed by atoms with Crippen molar-refractivity contribution in [3.63, 3.8) is 0 Å². The highest BCUT2D eigenvalue weighted by molar-refractivity contribution is 9.10. The standard InChI is InChI=1S/C13H20BrNO/c1-16-12-8-7-11(13(14)10-12)6-4-2-3-5-9-15/h7-8,10H,2-6,9,15H2,1H3. The lowest BCUT2D eigenvalue weighted by Gasteiger charge is -2.06. The molecule has 0 unspecified atom stereocenters. The van der Waals surface area contributed by atoms with Crippen LogP contribution in [0, 0.1) is 0 Å². The minimum Gasteiger partial charge on any atom is -0.497 e. The summed E-state index contributed by atoms with van der Waals surface area (Å²) < 4.78 is 6.31. The molecule has 0 heterocycles. The van der Waals surface area contributed by atoms with E-state index in [1.165, 1.54) is 24.8 Å². The Morgan fingerprint density at radius 3 is 2.56 bits per heavy atom. The first-order valence-corrected chi connectivity index (χ1v) is 6.59. The number of nitrogens with two attached hydrogens (primary N) is 1. The van der Waals surface area contributed by atoms with E-state index in [-0.39, 0.29) is 0 Å². The maximum atomic E-state index is 5.46. The van der Waals surface area contributed by atoms with Crippen molar-refractivity contribution in [1.29, 1.82) is 0 Å². The third-order valence-electron chi connectivity index (χ3n) is 2.66. The average Bonchev–Trinajstić information content (AvgIpc) is 2.30. The predicted molar refractivity (Wildman–Crippen MR) is 71.9 cm³/mol. The van der Waals surface area contributed by atoms with Crippen molar-refractivity contribution in [3.05, 3.63) is 28.2 Å². The Morgan fingerprint density at radius 1 is 1.19 bits per heavy atom. The first kappa shape index (κ1) is 13.5. The lowest BCUT2D eigenvalue weighted by Crippen LogP contribution is -1.98. The molecule has 1 aromatic carbocycles. The molecular formula is C13H20BrNO. The molecule has 1 aromatic rings. The van der Waals surface area contributed by atoms with E-state index in [9.17, 15) is 0 Å². The number of rotatable bonds is 7. The van der Waals surface area contributed by atoms with Crippen LogP contribution < -0.4 is 10.5 Å². The van der Waals surface area contributed by atoms with Crippen LogP contribution in [0.1, 0.15) is 31.2 Å². The van der Waals surface area contributed by atoms with Crippen LogP contribution in [0.3, 0.4) is 0 Å². The van der Waals surface area contributed by atoms with Gasteiger partial charge in [-0.05, 0) is 43.5 Å². The van der Waals surface area contributed by atoms with Crippen LogP contribution in [-0.2, 0) is 6.42 Å². The first-order chi connectivity index (χ1) is 7.77. The van der Waals surface area contributed by atoms with E-state index in [0.29, 0.717) is 0 Å². The van der Waals surface area contributed by atoms with E-state index in [1.807, 2.05) is 12.1 Å². The summed E-state index contributed by atoms with van der Waals surface area (Å²) in [5.74, 6) is 0.902. The van der Waals surface area contributed by atoms with Gasteiger partial charge in [-0.1, -0.05) is 34.8 Å². The van der Waals surface area contributed by atoms with Crippen molar-refractivity contribution in [2.45, 2.75) is 32.1 Å². The molecule has 0 spiro atoms. The third-order valence-corrected chi connectivity index (χ3v) is 3.40. The van der Waals surface area contributed by atoms with Crippen LogP contribution in [-0.4, -0.2) is 13.7 Å². The molecule has 0 saturated heterocycles. The van der Waals surface area contributed by atoms with E-state index < -0.39 is 0 Å². The summed E-state index contributed by atoms with van der Waals surface area (Å²) in [6.45, 7) is 0.812. The fourth-order valence-electron chi connectivity index (χ4n) is 1.67. The molecule has 2 nitrogen and oxygen atoms in total. The third kappa shape index (κ3) is 4.54. The summed E-state index contributed by atoms with van der Waals surface area (Å²) in [7, 11) is 1.69. The monoisotopic (exact) mass is 285 g/mol. The van der Waals surface area contributed by atoms with Crippen LogP contribution in [0.15, 0.2) is 22.7 Å². The second kappa shape index (κ2) is 7.69. The van der Waals surface area contributed by atoms with Gasteiger partial charge in [-0.2, -0.15) is 0 Å². The van der Waals surface area contributed by atoms with Gasteiger partial charge in [0.15, 0.2) is 0 Å². The summed E-state index contributed by atoms with van der Waals surface area (Å²) in [5, 5.41) is 0. The zero-order chi connectivity index (χ0) is 11.8. The number of ether oxygens (including phenoxy) is 1. The fourth-order valence-corrected chi connectivity index (χ4v) is 2.23. The highest BCUT2D eigenvalue weighted by Gasteiger charge is 2.01. The van der Waals surface area contributed by atoms with Gasteiger partial charge in [0.25, 0.3) is 0 Å². The second-order valence-corrected chi connectivity index (χ2v) is 4.76. The average molecular weight is 286 g/mol. The van der Waals surface area contributed by atoms with E-state index in [0.717, 1.165) is 29.6 Å². The Balaban J connectivity index is 2.36. The number of halogens is 1. The molecule has 0 aliphatic rings. The number of aryl methyl sites for hydroxylation is 1. The Bertz CT molecular complexity index is 315. The maximum absolute atomic E-state index is 5.46. The Hall–Kier alpha value is -0.540. The molecule has 2 N–H and O–H groups in total. The Labute approximate surface area is 106 Å². The summed E-state index contributed by atoms with van der Waals surface area (Å²) in [4.78, 5) is 0. The van der Waals surface area contributed by atoms with Gasteiger partial charge in [-0.3, -0.25) is 0 Å². The maximum Gasteiger partial charge on any atom is 0.120 e. The molecule has 0 amide bonds. The molecule has 0 aliphatic heterocycles. The fraction of sp³-hybridized carbons (Fsp3) is 0.538. The molecule has 0 radical (unpaired) electrons. The van der Waals surface area contributed by atoms with Crippen molar-refractivity contribution < 1.29 is 4.74 Å². The van der Waals surface area contributed by atoms with E-state index in [1.54, 1.807) is 7.11 Å². The first-order valence-electron chi connectivity index (χ1n) is 5.80. The Morgan fingerprint density at radius 2 is 1.94 bits per heavy atom. The van der Waals surface area contributed by atoms with Crippen LogP contribution in [0.5, 0.6) is 5.75 Å². The van der Waals surface area contributed by atoms with E-state index in [4.69, 9.17) is 10.5 Å². The minimum atomic E-state index is 0.812. The minimum absolute atomic E-state index is 0.812. The molecule has 0 saturated carbocycles. The normalized spacial score (nSPS) is 10.4. The summed E-state index contributed by atoms with van der Waals surface area (Å²) in [6, 6.07) is 6.17. The topological polar surface area (TPSA) is 35.2 Å². The number of unbranched alkanes of at least 4 members (excludes halogenated alkanes) is 3. The van der Waals surface area contributed by atoms with Gasteiger partial charge in [0.05, 0.1) is 7.11 Å². The molecule has 1 rings (SSSR count). The number of hydrogen-bond donors (Lipinski definition) is 1. The zero-order valence-corrected chi connectivity index (χ0v) is 11.4. The molecule has 16 heavy (non-hydrogen) atoms. The van der Waals surface area contributed by atoms with Gasteiger partial charge in [-0.15, -0.1) is 0 Å². The predicted octanol–water partition coefficient (Wildman–Crippen LogP) is 3.52. The molecule has 90 valence electrons.